The highest BCUT2D eigenvalue weighted by Gasteiger charge is 2.26. The highest BCUT2D eigenvalue weighted by Crippen LogP contribution is 2.27. The van der Waals surface area contributed by atoms with Crippen LogP contribution in [0.15, 0.2) is 60.7 Å². The summed E-state index contributed by atoms with van der Waals surface area (Å²) in [6, 6.07) is 21.3. The number of aromatic nitrogens is 1. The SMILES string of the molecule is CN1CCN(Cc2ccc3cc(Cl)ccc3n2)[C@@H](c2ccccc2)C1. The van der Waals surface area contributed by atoms with Crippen molar-refractivity contribution in [3.8, 4) is 0 Å². The van der Waals surface area contributed by atoms with E-state index in [-0.39, 0.29) is 0 Å². The Morgan fingerprint density at radius 3 is 2.72 bits per heavy atom. The second kappa shape index (κ2) is 7.12. The van der Waals surface area contributed by atoms with Crippen molar-refractivity contribution in [3.63, 3.8) is 0 Å². The zero-order valence-corrected chi connectivity index (χ0v) is 15.2. The molecule has 3 aromatic rings. The molecule has 1 aromatic heterocycles. The van der Waals surface area contributed by atoms with E-state index < -0.39 is 0 Å². The van der Waals surface area contributed by atoms with Gasteiger partial charge >= 0.3 is 0 Å². The Morgan fingerprint density at radius 1 is 1.04 bits per heavy atom. The minimum absolute atomic E-state index is 0.405. The number of hydrogen-bond donors (Lipinski definition) is 0. The molecular weight excluding hydrogens is 330 g/mol. The number of fused-ring (bicyclic) bond motifs is 1. The van der Waals surface area contributed by atoms with Gasteiger partial charge in [-0.05, 0) is 36.9 Å². The maximum Gasteiger partial charge on any atom is 0.0706 e. The summed E-state index contributed by atoms with van der Waals surface area (Å²) in [5.74, 6) is 0. The van der Waals surface area contributed by atoms with Crippen molar-refractivity contribution >= 4 is 22.5 Å². The summed E-state index contributed by atoms with van der Waals surface area (Å²) >= 11 is 6.07. The molecule has 25 heavy (non-hydrogen) atoms. The zero-order chi connectivity index (χ0) is 17.2. The van der Waals surface area contributed by atoms with E-state index in [0.29, 0.717) is 6.04 Å². The highest BCUT2D eigenvalue weighted by atomic mass is 35.5. The van der Waals surface area contributed by atoms with Gasteiger partial charge in [0.05, 0.1) is 11.2 Å². The normalized spacial score (nSPS) is 19.4. The molecule has 0 amide bonds. The molecule has 0 spiro atoms. The fraction of sp³-hybridized carbons (Fsp3) is 0.286. The second-order valence-electron chi connectivity index (χ2n) is 6.80. The van der Waals surface area contributed by atoms with Gasteiger partial charge in [0.25, 0.3) is 0 Å². The van der Waals surface area contributed by atoms with E-state index in [1.807, 2.05) is 18.2 Å². The maximum absolute atomic E-state index is 6.07. The van der Waals surface area contributed by atoms with Crippen molar-refractivity contribution < 1.29 is 0 Å². The van der Waals surface area contributed by atoms with Gasteiger partial charge in [0, 0.05) is 42.6 Å². The number of pyridine rings is 1. The largest absolute Gasteiger partial charge is 0.303 e. The number of halogens is 1. The minimum atomic E-state index is 0.405. The zero-order valence-electron chi connectivity index (χ0n) is 14.4. The van der Waals surface area contributed by atoms with Gasteiger partial charge in [0.15, 0.2) is 0 Å². The van der Waals surface area contributed by atoms with Gasteiger partial charge < -0.3 is 4.90 Å². The monoisotopic (exact) mass is 351 g/mol. The summed E-state index contributed by atoms with van der Waals surface area (Å²) in [5, 5.41) is 1.85. The van der Waals surface area contributed by atoms with Crippen molar-refractivity contribution in [1.82, 2.24) is 14.8 Å². The molecule has 1 aliphatic rings. The van der Waals surface area contributed by atoms with Crippen LogP contribution in [0.1, 0.15) is 17.3 Å². The van der Waals surface area contributed by atoms with Crippen LogP contribution >= 0.6 is 11.6 Å². The summed E-state index contributed by atoms with van der Waals surface area (Å²) in [6.07, 6.45) is 0. The molecular formula is C21H22ClN3. The Labute approximate surface area is 153 Å². The van der Waals surface area contributed by atoms with Crippen LogP contribution in [-0.4, -0.2) is 41.5 Å². The lowest BCUT2D eigenvalue weighted by molar-refractivity contribution is 0.0824. The van der Waals surface area contributed by atoms with Crippen LogP contribution in [0, 0.1) is 0 Å². The number of nitrogens with zero attached hydrogens (tertiary/aromatic N) is 3. The fourth-order valence-corrected chi connectivity index (χ4v) is 3.75. The summed E-state index contributed by atoms with van der Waals surface area (Å²) < 4.78 is 0. The van der Waals surface area contributed by atoms with Crippen LogP contribution in [0.4, 0.5) is 0 Å². The first-order chi connectivity index (χ1) is 12.2. The summed E-state index contributed by atoms with van der Waals surface area (Å²) in [6.45, 7) is 4.06. The fourth-order valence-electron chi connectivity index (χ4n) is 3.57. The summed E-state index contributed by atoms with van der Waals surface area (Å²) in [7, 11) is 2.20. The highest BCUT2D eigenvalue weighted by molar-refractivity contribution is 6.31. The van der Waals surface area contributed by atoms with Crippen LogP contribution < -0.4 is 0 Å². The lowest BCUT2D eigenvalue weighted by atomic mass is 10.0. The van der Waals surface area contributed by atoms with Crippen LogP contribution in [0.5, 0.6) is 0 Å². The van der Waals surface area contributed by atoms with Gasteiger partial charge in [0.2, 0.25) is 0 Å². The Morgan fingerprint density at radius 2 is 1.88 bits per heavy atom. The molecule has 4 rings (SSSR count). The number of likely N-dealkylation sites (N-methyl/N-ethyl adjacent to an activating group) is 1. The number of rotatable bonds is 3. The molecule has 1 fully saturated rings. The van der Waals surface area contributed by atoms with Crippen LogP contribution in [0.2, 0.25) is 5.02 Å². The first-order valence-corrected chi connectivity index (χ1v) is 9.09. The number of piperazine rings is 1. The van der Waals surface area contributed by atoms with Crippen LogP contribution in [-0.2, 0) is 6.54 Å². The molecule has 0 aliphatic carbocycles. The van der Waals surface area contributed by atoms with Crippen molar-refractivity contribution in [3.05, 3.63) is 76.9 Å². The first-order valence-electron chi connectivity index (χ1n) is 8.72. The third-order valence-electron chi connectivity index (χ3n) is 4.95. The molecule has 128 valence electrons. The lowest BCUT2D eigenvalue weighted by Gasteiger charge is -2.40. The number of hydrogen-bond acceptors (Lipinski definition) is 3. The Bertz CT molecular complexity index is 865. The molecule has 0 bridgehead atoms. The van der Waals surface area contributed by atoms with Gasteiger partial charge in [-0.1, -0.05) is 48.0 Å². The van der Waals surface area contributed by atoms with Gasteiger partial charge in [0.1, 0.15) is 0 Å². The standard InChI is InChI=1S/C21H22ClN3/c1-24-11-12-25(21(15-24)16-5-3-2-4-6-16)14-19-9-7-17-13-18(22)8-10-20(17)23-19/h2-10,13,21H,11-12,14-15H2,1H3/t21-/m1/s1. The van der Waals surface area contributed by atoms with Gasteiger partial charge in [-0.15, -0.1) is 0 Å². The summed E-state index contributed by atoms with van der Waals surface area (Å²) in [5.41, 5.74) is 3.49. The average Bonchev–Trinajstić information content (AvgIpc) is 2.64. The van der Waals surface area contributed by atoms with Gasteiger partial charge in [-0.3, -0.25) is 9.88 Å². The third kappa shape index (κ3) is 3.69. The Balaban J connectivity index is 1.60. The van der Waals surface area contributed by atoms with E-state index >= 15 is 0 Å². The van der Waals surface area contributed by atoms with Crippen LogP contribution in [0.3, 0.4) is 0 Å². The molecule has 0 unspecified atom stereocenters. The van der Waals surface area contributed by atoms with E-state index in [2.05, 4.69) is 59.3 Å². The van der Waals surface area contributed by atoms with E-state index in [4.69, 9.17) is 16.6 Å². The molecule has 1 aliphatic heterocycles. The predicted octanol–water partition coefficient (Wildman–Crippen LogP) is 4.38. The van der Waals surface area contributed by atoms with Crippen molar-refractivity contribution in [2.75, 3.05) is 26.7 Å². The van der Waals surface area contributed by atoms with E-state index in [1.165, 1.54) is 5.56 Å². The topological polar surface area (TPSA) is 19.4 Å². The van der Waals surface area contributed by atoms with Crippen molar-refractivity contribution in [1.29, 1.82) is 0 Å². The van der Waals surface area contributed by atoms with E-state index in [9.17, 15) is 0 Å². The Hall–Kier alpha value is -1.94. The third-order valence-corrected chi connectivity index (χ3v) is 5.19. The molecule has 0 radical (unpaired) electrons. The molecule has 1 atom stereocenters. The molecule has 2 heterocycles. The van der Waals surface area contributed by atoms with Crippen molar-refractivity contribution in [2.24, 2.45) is 0 Å². The summed E-state index contributed by atoms with van der Waals surface area (Å²) in [4.78, 5) is 9.79. The molecule has 1 saturated heterocycles. The minimum Gasteiger partial charge on any atom is -0.303 e. The lowest BCUT2D eigenvalue weighted by Crippen LogP contribution is -2.46. The maximum atomic E-state index is 6.07. The average molecular weight is 352 g/mol. The predicted molar refractivity (Wildman–Crippen MR) is 104 cm³/mol. The van der Waals surface area contributed by atoms with Crippen LogP contribution in [0.25, 0.3) is 10.9 Å². The second-order valence-corrected chi connectivity index (χ2v) is 7.24. The first kappa shape index (κ1) is 16.5. The molecule has 4 heteroatoms. The molecule has 0 saturated carbocycles. The van der Waals surface area contributed by atoms with Gasteiger partial charge in [-0.25, -0.2) is 0 Å². The number of benzene rings is 2. The van der Waals surface area contributed by atoms with E-state index in [1.54, 1.807) is 0 Å². The quantitative estimate of drug-likeness (QED) is 0.698. The smallest absolute Gasteiger partial charge is 0.0706 e. The Kier molecular flexibility index (Phi) is 4.71. The molecule has 3 nitrogen and oxygen atoms in total. The van der Waals surface area contributed by atoms with Gasteiger partial charge in [-0.2, -0.15) is 0 Å². The molecule has 2 aromatic carbocycles. The molecule has 0 N–H and O–H groups in total. The van der Waals surface area contributed by atoms with Crippen molar-refractivity contribution in [2.45, 2.75) is 12.6 Å². The van der Waals surface area contributed by atoms with E-state index in [0.717, 1.165) is 47.8 Å².